The lowest BCUT2D eigenvalue weighted by Gasteiger charge is -2.12. The number of hydrogen-bond acceptors (Lipinski definition) is 3. The first-order chi connectivity index (χ1) is 8.02. The fraction of sp³-hybridized carbons (Fsp3) is 0.231. The van der Waals surface area contributed by atoms with E-state index in [2.05, 4.69) is 4.98 Å². The predicted octanol–water partition coefficient (Wildman–Crippen LogP) is 2.83. The molecule has 0 aliphatic heterocycles. The highest BCUT2D eigenvalue weighted by Crippen LogP contribution is 2.28. The van der Waals surface area contributed by atoms with Crippen molar-refractivity contribution < 1.29 is 4.79 Å². The molecule has 3 nitrogen and oxygen atoms in total. The first-order valence-corrected chi connectivity index (χ1v) is 6.26. The summed E-state index contributed by atoms with van der Waals surface area (Å²) in [4.78, 5) is 15.8. The lowest BCUT2D eigenvalue weighted by atomic mass is 9.99. The number of primary amides is 1. The quantitative estimate of drug-likeness (QED) is 0.885. The van der Waals surface area contributed by atoms with E-state index in [4.69, 9.17) is 5.73 Å². The molecule has 0 atom stereocenters. The van der Waals surface area contributed by atoms with Crippen LogP contribution in [0.15, 0.2) is 16.8 Å². The maximum absolute atomic E-state index is 11.4. The van der Waals surface area contributed by atoms with Crippen molar-refractivity contribution in [3.05, 3.63) is 39.2 Å². The molecule has 0 spiro atoms. The van der Waals surface area contributed by atoms with E-state index in [0.29, 0.717) is 5.69 Å². The summed E-state index contributed by atoms with van der Waals surface area (Å²) in [6.07, 6.45) is 0. The molecule has 0 aliphatic rings. The summed E-state index contributed by atoms with van der Waals surface area (Å²) in [5, 5.41) is 4.02. The van der Waals surface area contributed by atoms with E-state index in [1.165, 1.54) is 0 Å². The zero-order chi connectivity index (χ0) is 12.6. The SMILES string of the molecule is Cc1c(C(N)=O)nc(-c2ccsc2)c(C)c1C. The van der Waals surface area contributed by atoms with Crippen molar-refractivity contribution in [1.82, 2.24) is 4.98 Å². The van der Waals surface area contributed by atoms with E-state index in [1.54, 1.807) is 11.3 Å². The fourth-order valence-corrected chi connectivity index (χ4v) is 2.48. The number of carbonyl (C=O) groups is 1. The van der Waals surface area contributed by atoms with Gasteiger partial charge in [-0.3, -0.25) is 4.79 Å². The van der Waals surface area contributed by atoms with Crippen LogP contribution in [0.25, 0.3) is 11.3 Å². The number of nitrogens with two attached hydrogens (primary N) is 1. The minimum Gasteiger partial charge on any atom is -0.364 e. The first kappa shape index (κ1) is 11.8. The van der Waals surface area contributed by atoms with Gasteiger partial charge in [0.25, 0.3) is 5.91 Å². The van der Waals surface area contributed by atoms with Crippen molar-refractivity contribution in [2.45, 2.75) is 20.8 Å². The van der Waals surface area contributed by atoms with E-state index >= 15 is 0 Å². The molecule has 4 heteroatoms. The molecule has 0 saturated heterocycles. The number of carbonyl (C=O) groups excluding carboxylic acids is 1. The Bertz CT molecular complexity index is 574. The second-order valence-corrected chi connectivity index (χ2v) is 4.84. The fourth-order valence-electron chi connectivity index (χ4n) is 1.84. The monoisotopic (exact) mass is 246 g/mol. The molecule has 2 aromatic heterocycles. The van der Waals surface area contributed by atoms with Crippen LogP contribution in [-0.2, 0) is 0 Å². The van der Waals surface area contributed by atoms with E-state index in [-0.39, 0.29) is 0 Å². The Morgan fingerprint density at radius 1 is 1.24 bits per heavy atom. The molecule has 88 valence electrons. The van der Waals surface area contributed by atoms with Gasteiger partial charge in [0.15, 0.2) is 0 Å². The number of pyridine rings is 1. The van der Waals surface area contributed by atoms with E-state index in [0.717, 1.165) is 27.9 Å². The molecular weight excluding hydrogens is 232 g/mol. The Balaban J connectivity index is 2.73. The molecule has 2 N–H and O–H groups in total. The Morgan fingerprint density at radius 3 is 2.47 bits per heavy atom. The third-order valence-corrected chi connectivity index (χ3v) is 3.77. The number of aromatic nitrogens is 1. The number of amides is 1. The van der Waals surface area contributed by atoms with Crippen LogP contribution in [0.3, 0.4) is 0 Å². The van der Waals surface area contributed by atoms with Crippen molar-refractivity contribution in [1.29, 1.82) is 0 Å². The van der Waals surface area contributed by atoms with Gasteiger partial charge in [-0.05, 0) is 48.9 Å². The highest BCUT2D eigenvalue weighted by atomic mass is 32.1. The van der Waals surface area contributed by atoms with Crippen LogP contribution < -0.4 is 5.73 Å². The van der Waals surface area contributed by atoms with Crippen molar-refractivity contribution in [2.24, 2.45) is 5.73 Å². The first-order valence-electron chi connectivity index (χ1n) is 5.32. The van der Waals surface area contributed by atoms with Gasteiger partial charge in [0.05, 0.1) is 5.69 Å². The number of nitrogens with zero attached hydrogens (tertiary/aromatic N) is 1. The van der Waals surface area contributed by atoms with Crippen LogP contribution in [0, 0.1) is 20.8 Å². The maximum Gasteiger partial charge on any atom is 0.267 e. The number of hydrogen-bond donors (Lipinski definition) is 1. The van der Waals surface area contributed by atoms with Crippen LogP contribution in [0.2, 0.25) is 0 Å². The second-order valence-electron chi connectivity index (χ2n) is 4.06. The zero-order valence-electron chi connectivity index (χ0n) is 10.1. The largest absolute Gasteiger partial charge is 0.364 e. The van der Waals surface area contributed by atoms with Gasteiger partial charge in [0, 0.05) is 10.9 Å². The standard InChI is InChI=1S/C13H14N2OS/c1-7-8(2)11(10-4-5-17-6-10)15-12(9(7)3)13(14)16/h4-6H,1-3H3,(H2,14,16). The van der Waals surface area contributed by atoms with Crippen molar-refractivity contribution in [2.75, 3.05) is 0 Å². The third-order valence-electron chi connectivity index (χ3n) is 3.09. The minimum absolute atomic E-state index is 0.370. The van der Waals surface area contributed by atoms with Crippen LogP contribution in [0.4, 0.5) is 0 Å². The molecule has 0 bridgehead atoms. The molecular formula is C13H14N2OS. The summed E-state index contributed by atoms with van der Waals surface area (Å²) in [5.41, 5.74) is 10.7. The molecule has 2 aromatic rings. The zero-order valence-corrected chi connectivity index (χ0v) is 10.9. The van der Waals surface area contributed by atoms with E-state index in [1.807, 2.05) is 37.6 Å². The summed E-state index contributed by atoms with van der Waals surface area (Å²) in [6.45, 7) is 5.90. The van der Waals surface area contributed by atoms with Gasteiger partial charge >= 0.3 is 0 Å². The van der Waals surface area contributed by atoms with E-state index in [9.17, 15) is 4.79 Å². The lowest BCUT2D eigenvalue weighted by molar-refractivity contribution is 0.0995. The Labute approximate surface area is 104 Å². The Morgan fingerprint density at radius 2 is 1.94 bits per heavy atom. The normalized spacial score (nSPS) is 10.5. The summed E-state index contributed by atoms with van der Waals surface area (Å²) in [5.74, 6) is -0.470. The van der Waals surface area contributed by atoms with Gasteiger partial charge in [-0.1, -0.05) is 0 Å². The van der Waals surface area contributed by atoms with Crippen molar-refractivity contribution >= 4 is 17.2 Å². The number of rotatable bonds is 2. The predicted molar refractivity (Wildman–Crippen MR) is 70.3 cm³/mol. The Hall–Kier alpha value is -1.68. The average Bonchev–Trinajstić information content (AvgIpc) is 2.79. The highest BCUT2D eigenvalue weighted by molar-refractivity contribution is 7.08. The molecule has 2 rings (SSSR count). The smallest absolute Gasteiger partial charge is 0.267 e. The maximum atomic E-state index is 11.4. The molecule has 1 amide bonds. The molecule has 0 saturated carbocycles. The van der Waals surface area contributed by atoms with Crippen LogP contribution in [0.1, 0.15) is 27.2 Å². The van der Waals surface area contributed by atoms with Gasteiger partial charge in [0.2, 0.25) is 0 Å². The van der Waals surface area contributed by atoms with Gasteiger partial charge < -0.3 is 5.73 Å². The summed E-state index contributed by atoms with van der Waals surface area (Å²) in [6, 6.07) is 2.00. The summed E-state index contributed by atoms with van der Waals surface area (Å²) < 4.78 is 0. The van der Waals surface area contributed by atoms with Gasteiger partial charge in [0.1, 0.15) is 5.69 Å². The number of thiophene rings is 1. The topological polar surface area (TPSA) is 56.0 Å². The van der Waals surface area contributed by atoms with Gasteiger partial charge in [-0.2, -0.15) is 11.3 Å². The molecule has 0 aliphatic carbocycles. The van der Waals surface area contributed by atoms with Crippen LogP contribution >= 0.6 is 11.3 Å². The third kappa shape index (κ3) is 1.96. The Kier molecular flexibility index (Phi) is 2.98. The highest BCUT2D eigenvalue weighted by Gasteiger charge is 2.15. The van der Waals surface area contributed by atoms with E-state index < -0.39 is 5.91 Å². The molecule has 0 radical (unpaired) electrons. The average molecular weight is 246 g/mol. The molecule has 2 heterocycles. The minimum atomic E-state index is -0.470. The second kappa shape index (κ2) is 4.30. The molecule has 0 aromatic carbocycles. The molecule has 0 unspecified atom stereocenters. The molecule has 17 heavy (non-hydrogen) atoms. The van der Waals surface area contributed by atoms with Crippen molar-refractivity contribution in [3.8, 4) is 11.3 Å². The molecule has 0 fully saturated rings. The van der Waals surface area contributed by atoms with Crippen LogP contribution in [0.5, 0.6) is 0 Å². The van der Waals surface area contributed by atoms with Gasteiger partial charge in [-0.15, -0.1) is 0 Å². The summed E-state index contributed by atoms with van der Waals surface area (Å²) >= 11 is 1.61. The van der Waals surface area contributed by atoms with Crippen molar-refractivity contribution in [3.63, 3.8) is 0 Å². The van der Waals surface area contributed by atoms with Crippen LogP contribution in [-0.4, -0.2) is 10.9 Å². The van der Waals surface area contributed by atoms with Gasteiger partial charge in [-0.25, -0.2) is 4.98 Å². The summed E-state index contributed by atoms with van der Waals surface area (Å²) in [7, 11) is 0. The lowest BCUT2D eigenvalue weighted by Crippen LogP contribution is -2.17.